The van der Waals surface area contributed by atoms with Gasteiger partial charge in [-0.2, -0.15) is 0 Å². The normalized spacial score (nSPS) is 11.9. The minimum atomic E-state index is -3.43. The Hall–Kier alpha value is 0.01000. The number of rotatable bonds is 8. The largest absolute Gasteiger partial charge is 0.382 e. The molecule has 0 radical (unpaired) electrons. The lowest BCUT2D eigenvalue weighted by Gasteiger charge is -2.06. The van der Waals surface area contributed by atoms with Gasteiger partial charge in [-0.25, -0.2) is 13.1 Å². The molecule has 0 aromatic carbocycles. The van der Waals surface area contributed by atoms with Crippen LogP contribution in [0.2, 0.25) is 0 Å². The smallest absolute Gasteiger partial charge is 0.251 e. The Morgan fingerprint density at radius 2 is 2.18 bits per heavy atom. The van der Waals surface area contributed by atoms with Crippen LogP contribution in [0, 0.1) is 0 Å². The van der Waals surface area contributed by atoms with Gasteiger partial charge in [0.05, 0.1) is 19.8 Å². The minimum Gasteiger partial charge on any atom is -0.382 e. The van der Waals surface area contributed by atoms with Crippen molar-refractivity contribution in [3.8, 4) is 0 Å². The van der Waals surface area contributed by atoms with E-state index in [1.54, 1.807) is 18.6 Å². The van der Waals surface area contributed by atoms with Crippen molar-refractivity contribution < 1.29 is 17.9 Å². The van der Waals surface area contributed by atoms with E-state index in [-0.39, 0.29) is 10.8 Å². The van der Waals surface area contributed by atoms with Gasteiger partial charge in [0.1, 0.15) is 4.21 Å². The third-order valence-corrected chi connectivity index (χ3v) is 5.93. The summed E-state index contributed by atoms with van der Waals surface area (Å²) < 4.78 is 36.9. The van der Waals surface area contributed by atoms with Crippen LogP contribution in [0.1, 0.15) is 0 Å². The van der Waals surface area contributed by atoms with Crippen molar-refractivity contribution in [1.29, 1.82) is 0 Å². The molecule has 0 aliphatic rings. The maximum absolute atomic E-state index is 11.8. The van der Waals surface area contributed by atoms with E-state index in [1.807, 2.05) is 0 Å². The summed E-state index contributed by atoms with van der Waals surface area (Å²) in [6.45, 7) is 1.53. The highest BCUT2D eigenvalue weighted by Crippen LogP contribution is 2.26. The topological polar surface area (TPSA) is 64.6 Å². The number of hydrogen-bond acceptors (Lipinski definition) is 5. The van der Waals surface area contributed by atoms with E-state index in [4.69, 9.17) is 9.47 Å². The Morgan fingerprint density at radius 3 is 2.76 bits per heavy atom. The molecule has 1 aromatic rings. The van der Waals surface area contributed by atoms with Crippen LogP contribution in [-0.2, 0) is 19.5 Å². The van der Waals surface area contributed by atoms with E-state index >= 15 is 0 Å². The third-order valence-electron chi connectivity index (χ3n) is 1.80. The standard InChI is InChI=1S/C9H14BrNO4S2/c1-14-5-6-15-4-3-11-17(12,13)9-8(10)2-7-16-9/h2,7,11H,3-6H2,1H3. The van der Waals surface area contributed by atoms with Crippen LogP contribution in [0.25, 0.3) is 0 Å². The molecule has 0 saturated carbocycles. The molecule has 1 rings (SSSR count). The molecule has 0 aliphatic heterocycles. The molecule has 0 bridgehead atoms. The zero-order valence-corrected chi connectivity index (χ0v) is 12.5. The van der Waals surface area contributed by atoms with E-state index < -0.39 is 10.0 Å². The summed E-state index contributed by atoms with van der Waals surface area (Å²) in [5, 5.41) is 1.72. The van der Waals surface area contributed by atoms with Gasteiger partial charge in [0.15, 0.2) is 0 Å². The van der Waals surface area contributed by atoms with Gasteiger partial charge in [-0.15, -0.1) is 11.3 Å². The summed E-state index contributed by atoms with van der Waals surface area (Å²) in [6, 6.07) is 1.70. The van der Waals surface area contributed by atoms with E-state index in [0.717, 1.165) is 0 Å². The molecule has 0 unspecified atom stereocenters. The van der Waals surface area contributed by atoms with Gasteiger partial charge in [-0.05, 0) is 27.4 Å². The Morgan fingerprint density at radius 1 is 1.41 bits per heavy atom. The molecule has 0 saturated heterocycles. The van der Waals surface area contributed by atoms with Crippen molar-refractivity contribution in [1.82, 2.24) is 4.72 Å². The first kappa shape index (κ1) is 15.1. The second-order valence-electron chi connectivity index (χ2n) is 3.06. The van der Waals surface area contributed by atoms with Crippen LogP contribution in [0.5, 0.6) is 0 Å². The fourth-order valence-corrected chi connectivity index (χ4v) is 4.42. The number of halogens is 1. The van der Waals surface area contributed by atoms with Gasteiger partial charge >= 0.3 is 0 Å². The average Bonchev–Trinajstić information content (AvgIpc) is 2.70. The Kier molecular flexibility index (Phi) is 6.60. The van der Waals surface area contributed by atoms with Crippen molar-refractivity contribution in [3.05, 3.63) is 15.9 Å². The second-order valence-corrected chi connectivity index (χ2v) is 6.79. The van der Waals surface area contributed by atoms with Gasteiger partial charge in [-0.1, -0.05) is 0 Å². The highest BCUT2D eigenvalue weighted by molar-refractivity contribution is 9.10. The molecule has 98 valence electrons. The fourth-order valence-electron chi connectivity index (χ4n) is 1.03. The zero-order valence-electron chi connectivity index (χ0n) is 9.31. The molecule has 1 heterocycles. The summed E-state index contributed by atoms with van der Waals surface area (Å²) in [6.07, 6.45) is 0. The Balaban J connectivity index is 2.34. The lowest BCUT2D eigenvalue weighted by Crippen LogP contribution is -2.27. The first-order valence-electron chi connectivity index (χ1n) is 4.87. The molecular weight excluding hydrogens is 330 g/mol. The number of hydrogen-bond donors (Lipinski definition) is 1. The van der Waals surface area contributed by atoms with E-state index in [0.29, 0.717) is 24.3 Å². The highest BCUT2D eigenvalue weighted by Gasteiger charge is 2.18. The van der Waals surface area contributed by atoms with Crippen molar-refractivity contribution >= 4 is 37.3 Å². The molecule has 0 amide bonds. The Labute approximate surface area is 113 Å². The summed E-state index contributed by atoms with van der Waals surface area (Å²) in [4.78, 5) is 0. The molecule has 0 aliphatic carbocycles. The SMILES string of the molecule is COCCOCCNS(=O)(=O)c1sccc1Br. The summed E-state index contributed by atoms with van der Waals surface area (Å²) in [5.74, 6) is 0. The number of thiophene rings is 1. The van der Waals surface area contributed by atoms with Gasteiger partial charge in [-0.3, -0.25) is 0 Å². The van der Waals surface area contributed by atoms with Crippen LogP contribution in [-0.4, -0.2) is 41.9 Å². The molecule has 0 atom stereocenters. The van der Waals surface area contributed by atoms with Crippen LogP contribution in [0.15, 0.2) is 20.1 Å². The van der Waals surface area contributed by atoms with Crippen molar-refractivity contribution in [2.24, 2.45) is 0 Å². The minimum absolute atomic E-state index is 0.246. The van der Waals surface area contributed by atoms with Crippen molar-refractivity contribution in [2.45, 2.75) is 4.21 Å². The quantitative estimate of drug-likeness (QED) is 0.725. The van der Waals surface area contributed by atoms with E-state index in [1.165, 1.54) is 11.3 Å². The monoisotopic (exact) mass is 343 g/mol. The fraction of sp³-hybridized carbons (Fsp3) is 0.556. The van der Waals surface area contributed by atoms with Crippen LogP contribution >= 0.6 is 27.3 Å². The average molecular weight is 344 g/mol. The Bertz CT molecular complexity index is 432. The zero-order chi connectivity index (χ0) is 12.7. The van der Waals surface area contributed by atoms with Crippen LogP contribution in [0.3, 0.4) is 0 Å². The predicted molar refractivity (Wildman–Crippen MR) is 69.9 cm³/mol. The van der Waals surface area contributed by atoms with Gasteiger partial charge < -0.3 is 9.47 Å². The second kappa shape index (κ2) is 7.45. The van der Waals surface area contributed by atoms with Crippen LogP contribution in [0.4, 0.5) is 0 Å². The van der Waals surface area contributed by atoms with Crippen molar-refractivity contribution in [3.63, 3.8) is 0 Å². The number of methoxy groups -OCH3 is 1. The van der Waals surface area contributed by atoms with E-state index in [2.05, 4.69) is 20.7 Å². The molecule has 1 aromatic heterocycles. The van der Waals surface area contributed by atoms with Crippen molar-refractivity contribution in [2.75, 3.05) is 33.5 Å². The summed E-state index contributed by atoms with van der Waals surface area (Å²) in [5.41, 5.74) is 0. The number of nitrogens with one attached hydrogen (secondary N) is 1. The third kappa shape index (κ3) is 5.02. The molecule has 8 heteroatoms. The molecule has 1 N–H and O–H groups in total. The maximum Gasteiger partial charge on any atom is 0.251 e. The van der Waals surface area contributed by atoms with Gasteiger partial charge in [0, 0.05) is 18.1 Å². The van der Waals surface area contributed by atoms with Crippen LogP contribution < -0.4 is 4.72 Å². The summed E-state index contributed by atoms with van der Waals surface area (Å²) >= 11 is 4.36. The van der Waals surface area contributed by atoms with E-state index in [9.17, 15) is 8.42 Å². The lowest BCUT2D eigenvalue weighted by atomic mass is 10.7. The van der Waals surface area contributed by atoms with Gasteiger partial charge in [0.2, 0.25) is 0 Å². The molecule has 17 heavy (non-hydrogen) atoms. The number of sulfonamides is 1. The maximum atomic E-state index is 11.8. The number of ether oxygens (including phenoxy) is 2. The molecule has 0 spiro atoms. The molecule has 5 nitrogen and oxygen atoms in total. The predicted octanol–water partition coefficient (Wildman–Crippen LogP) is 1.45. The highest BCUT2D eigenvalue weighted by atomic mass is 79.9. The molecule has 0 fully saturated rings. The summed E-state index contributed by atoms with van der Waals surface area (Å²) in [7, 11) is -1.85. The molecular formula is C9H14BrNO4S2. The first-order valence-corrected chi connectivity index (χ1v) is 8.03. The lowest BCUT2D eigenvalue weighted by molar-refractivity contribution is 0.0736. The first-order chi connectivity index (χ1) is 8.08. The van der Waals surface area contributed by atoms with Gasteiger partial charge in [0.25, 0.3) is 10.0 Å².